The van der Waals surface area contributed by atoms with Gasteiger partial charge in [0, 0.05) is 13.0 Å². The number of amides is 1. The van der Waals surface area contributed by atoms with Crippen LogP contribution in [0.2, 0.25) is 0 Å². The van der Waals surface area contributed by atoms with Crippen molar-refractivity contribution in [1.29, 1.82) is 0 Å². The number of Topliss-reactive ketones (excluding diaryl/α,β-unsaturated/α-hetero) is 1. The van der Waals surface area contributed by atoms with Crippen LogP contribution in [0, 0.1) is 0 Å². The molecule has 4 heteroatoms. The van der Waals surface area contributed by atoms with Crippen molar-refractivity contribution in [3.8, 4) is 0 Å². The number of hydrogen-bond acceptors (Lipinski definition) is 2. The summed E-state index contributed by atoms with van der Waals surface area (Å²) in [7, 11) is 6.25. The zero-order valence-electron chi connectivity index (χ0n) is 10.1. The summed E-state index contributed by atoms with van der Waals surface area (Å²) in [5.41, 5.74) is 0.277. The quantitative estimate of drug-likeness (QED) is 0.299. The first kappa shape index (κ1) is 13.8. The molecule has 0 fully saturated rings. The number of ketones is 1. The molecule has 0 aliphatic rings. The molecule has 0 aromatic rings. The van der Waals surface area contributed by atoms with Gasteiger partial charge in [-0.25, -0.2) is 0 Å². The van der Waals surface area contributed by atoms with Crippen molar-refractivity contribution < 1.29 is 14.1 Å². The van der Waals surface area contributed by atoms with E-state index in [9.17, 15) is 9.59 Å². The Balaban J connectivity index is 3.74. The maximum absolute atomic E-state index is 11.2. The number of nitrogens with one attached hydrogen (secondary N) is 1. The van der Waals surface area contributed by atoms with Crippen molar-refractivity contribution in [1.82, 2.24) is 5.32 Å². The van der Waals surface area contributed by atoms with E-state index in [0.717, 1.165) is 17.4 Å². The second-order valence-corrected chi connectivity index (χ2v) is 4.73. The highest BCUT2D eigenvalue weighted by molar-refractivity contribution is 6.42. The lowest BCUT2D eigenvalue weighted by atomic mass is 10.2. The molecule has 0 aliphatic carbocycles. The summed E-state index contributed by atoms with van der Waals surface area (Å²) in [5.74, 6) is -1.08. The van der Waals surface area contributed by atoms with Crippen molar-refractivity contribution in [2.24, 2.45) is 0 Å². The molecule has 0 unspecified atom stereocenters. The van der Waals surface area contributed by atoms with Gasteiger partial charge >= 0.3 is 0 Å². The maximum Gasteiger partial charge on any atom is 0.292 e. The number of quaternary nitrogens is 1. The van der Waals surface area contributed by atoms with Crippen LogP contribution in [0.25, 0.3) is 0 Å². The number of nitrogens with zero attached hydrogens (tertiary/aromatic N) is 1. The number of carbonyl (C=O) groups is 2. The second kappa shape index (κ2) is 5.66. The fourth-order valence-corrected chi connectivity index (χ4v) is 1.03. The largest absolute Gasteiger partial charge is 0.349 e. The minimum Gasteiger partial charge on any atom is -0.349 e. The Morgan fingerprint density at radius 1 is 1.27 bits per heavy atom. The summed E-state index contributed by atoms with van der Waals surface area (Å²) in [6, 6.07) is 0. The highest BCUT2D eigenvalue weighted by Crippen LogP contribution is 1.93. The first-order chi connectivity index (χ1) is 6.74. The topological polar surface area (TPSA) is 46.2 Å². The lowest BCUT2D eigenvalue weighted by molar-refractivity contribution is -0.870. The fraction of sp³-hybridized carbons (Fsp3) is 0.636. The van der Waals surface area contributed by atoms with Gasteiger partial charge in [0.05, 0.1) is 27.7 Å². The van der Waals surface area contributed by atoms with Gasteiger partial charge in [-0.15, -0.1) is 0 Å². The molecule has 0 spiro atoms. The lowest BCUT2D eigenvalue weighted by Crippen LogP contribution is -2.38. The molecule has 0 rings (SSSR count). The molecule has 0 saturated carbocycles. The van der Waals surface area contributed by atoms with Crippen molar-refractivity contribution in [2.75, 3.05) is 34.2 Å². The molecule has 0 aromatic heterocycles. The summed E-state index contributed by atoms with van der Waals surface area (Å²) in [6.45, 7) is 6.46. The van der Waals surface area contributed by atoms with Crippen LogP contribution in [0.5, 0.6) is 0 Å². The van der Waals surface area contributed by atoms with Crippen LogP contribution in [0.4, 0.5) is 0 Å². The average molecular weight is 213 g/mol. The Morgan fingerprint density at radius 2 is 1.80 bits per heavy atom. The minimum atomic E-state index is -0.552. The maximum atomic E-state index is 11.2. The molecule has 0 atom stereocenters. The second-order valence-electron chi connectivity index (χ2n) is 4.73. The predicted molar refractivity (Wildman–Crippen MR) is 60.3 cm³/mol. The van der Waals surface area contributed by atoms with Crippen molar-refractivity contribution in [3.63, 3.8) is 0 Å². The fourth-order valence-electron chi connectivity index (χ4n) is 1.03. The number of carbonyl (C=O) groups excluding carboxylic acids is 2. The normalized spacial score (nSPS) is 10.9. The molecule has 1 N–H and O–H groups in total. The summed E-state index contributed by atoms with van der Waals surface area (Å²) >= 11 is 0. The molecule has 86 valence electrons. The van der Waals surface area contributed by atoms with Gasteiger partial charge in [-0.2, -0.15) is 0 Å². The molecule has 0 aliphatic heterocycles. The van der Waals surface area contributed by atoms with Crippen LogP contribution in [0.15, 0.2) is 12.2 Å². The zero-order chi connectivity index (χ0) is 12.1. The van der Waals surface area contributed by atoms with Crippen LogP contribution in [0.3, 0.4) is 0 Å². The Morgan fingerprint density at radius 3 is 2.20 bits per heavy atom. The Kier molecular flexibility index (Phi) is 5.22. The van der Waals surface area contributed by atoms with Crippen LogP contribution in [-0.2, 0) is 9.59 Å². The molecule has 0 saturated heterocycles. The van der Waals surface area contributed by atoms with Crippen LogP contribution in [0.1, 0.15) is 13.3 Å². The van der Waals surface area contributed by atoms with Gasteiger partial charge in [-0.3, -0.25) is 9.59 Å². The van der Waals surface area contributed by atoms with Gasteiger partial charge in [-0.1, -0.05) is 6.58 Å². The third kappa shape index (κ3) is 6.85. The summed E-state index contributed by atoms with van der Waals surface area (Å²) in [4.78, 5) is 22.3. The van der Waals surface area contributed by atoms with Gasteiger partial charge in [-0.05, 0) is 12.5 Å². The van der Waals surface area contributed by atoms with E-state index < -0.39 is 11.7 Å². The Hall–Kier alpha value is -1.16. The molecule has 0 bridgehead atoms. The smallest absolute Gasteiger partial charge is 0.292 e. The molecule has 15 heavy (non-hydrogen) atoms. The standard InChI is InChI=1S/C11H20N2O2/c1-9(2)10(14)11(15)12-7-6-8-13(3,4)5/h1,6-8H2,2-5H3/p+1. The van der Waals surface area contributed by atoms with Crippen LogP contribution in [-0.4, -0.2) is 50.4 Å². The van der Waals surface area contributed by atoms with E-state index in [1.807, 2.05) is 0 Å². The monoisotopic (exact) mass is 213 g/mol. The number of rotatable bonds is 6. The van der Waals surface area contributed by atoms with E-state index in [2.05, 4.69) is 33.0 Å². The van der Waals surface area contributed by atoms with Gasteiger partial charge < -0.3 is 9.80 Å². The Labute approximate surface area is 91.5 Å². The van der Waals surface area contributed by atoms with E-state index in [1.165, 1.54) is 6.92 Å². The highest BCUT2D eigenvalue weighted by atomic mass is 16.2. The van der Waals surface area contributed by atoms with E-state index in [0.29, 0.717) is 6.54 Å². The summed E-state index contributed by atoms with van der Waals surface area (Å²) in [6.07, 6.45) is 0.860. The first-order valence-corrected chi connectivity index (χ1v) is 5.02. The summed E-state index contributed by atoms with van der Waals surface area (Å²) in [5, 5.41) is 2.58. The van der Waals surface area contributed by atoms with Crippen molar-refractivity contribution in [3.05, 3.63) is 12.2 Å². The van der Waals surface area contributed by atoms with Crippen molar-refractivity contribution in [2.45, 2.75) is 13.3 Å². The molecule has 0 aromatic carbocycles. The SMILES string of the molecule is C=C(C)C(=O)C(=O)NCCC[N+](C)(C)C. The van der Waals surface area contributed by atoms with Gasteiger partial charge in [0.25, 0.3) is 5.91 Å². The molecule has 0 radical (unpaired) electrons. The summed E-state index contributed by atoms with van der Waals surface area (Å²) < 4.78 is 0.851. The lowest BCUT2D eigenvalue weighted by Gasteiger charge is -2.23. The van der Waals surface area contributed by atoms with E-state index >= 15 is 0 Å². The van der Waals surface area contributed by atoms with Gasteiger partial charge in [0.2, 0.25) is 5.78 Å². The zero-order valence-corrected chi connectivity index (χ0v) is 10.1. The molecular weight excluding hydrogens is 192 g/mol. The third-order valence-electron chi connectivity index (χ3n) is 1.89. The average Bonchev–Trinajstić information content (AvgIpc) is 2.09. The van der Waals surface area contributed by atoms with E-state index in [4.69, 9.17) is 0 Å². The van der Waals surface area contributed by atoms with Crippen LogP contribution >= 0.6 is 0 Å². The van der Waals surface area contributed by atoms with Gasteiger partial charge in [0.15, 0.2) is 0 Å². The number of hydrogen-bond donors (Lipinski definition) is 1. The van der Waals surface area contributed by atoms with E-state index in [1.54, 1.807) is 0 Å². The molecular formula is C11H21N2O2+. The molecule has 0 heterocycles. The first-order valence-electron chi connectivity index (χ1n) is 5.02. The van der Waals surface area contributed by atoms with Crippen molar-refractivity contribution >= 4 is 11.7 Å². The third-order valence-corrected chi connectivity index (χ3v) is 1.89. The minimum absolute atomic E-state index is 0.277. The predicted octanol–water partition coefficient (Wildman–Crippen LogP) is 0.344. The highest BCUT2D eigenvalue weighted by Gasteiger charge is 2.13. The molecule has 4 nitrogen and oxygen atoms in total. The van der Waals surface area contributed by atoms with Crippen LogP contribution < -0.4 is 5.32 Å². The van der Waals surface area contributed by atoms with E-state index in [-0.39, 0.29) is 5.57 Å². The molecule has 1 amide bonds. The van der Waals surface area contributed by atoms with Gasteiger partial charge in [0.1, 0.15) is 0 Å². The Bertz CT molecular complexity index is 264.